The predicted octanol–water partition coefficient (Wildman–Crippen LogP) is 0.875. The molecule has 1 N–H and O–H groups in total. The Morgan fingerprint density at radius 1 is 1.62 bits per heavy atom. The van der Waals surface area contributed by atoms with Crippen molar-refractivity contribution in [2.24, 2.45) is 5.41 Å². The normalized spacial score (nSPS) is 33.0. The Kier molecular flexibility index (Phi) is 1.05. The van der Waals surface area contributed by atoms with E-state index < -0.39 is 0 Å². The SMILES string of the molecule is [CH]1SCC12CCNC2. The van der Waals surface area contributed by atoms with Crippen molar-refractivity contribution in [2.75, 3.05) is 18.8 Å². The predicted molar refractivity (Wildman–Crippen MR) is 36.7 cm³/mol. The quantitative estimate of drug-likeness (QED) is 0.519. The summed E-state index contributed by atoms with van der Waals surface area (Å²) in [7, 11) is 0. The summed E-state index contributed by atoms with van der Waals surface area (Å²) in [5.41, 5.74) is 0.644. The van der Waals surface area contributed by atoms with E-state index in [0.717, 1.165) is 0 Å². The fourth-order valence-electron chi connectivity index (χ4n) is 1.31. The number of thioether (sulfide) groups is 1. The Morgan fingerprint density at radius 2 is 2.50 bits per heavy atom. The Labute approximate surface area is 54.2 Å². The van der Waals surface area contributed by atoms with Crippen LogP contribution in [0.15, 0.2) is 0 Å². The van der Waals surface area contributed by atoms with Crippen LogP contribution in [-0.4, -0.2) is 18.8 Å². The van der Waals surface area contributed by atoms with Gasteiger partial charge in [0, 0.05) is 23.5 Å². The molecule has 0 aromatic carbocycles. The highest BCUT2D eigenvalue weighted by Crippen LogP contribution is 2.46. The second-order valence-electron chi connectivity index (χ2n) is 2.72. The maximum Gasteiger partial charge on any atom is 0.0249 e. The smallest absolute Gasteiger partial charge is 0.0249 e. The first-order chi connectivity index (χ1) is 3.91. The second-order valence-corrected chi connectivity index (χ2v) is 3.58. The van der Waals surface area contributed by atoms with Crippen LogP contribution in [0.1, 0.15) is 6.42 Å². The molecular formula is C6H10NS. The second kappa shape index (κ2) is 1.64. The van der Waals surface area contributed by atoms with Crippen LogP contribution < -0.4 is 5.32 Å². The lowest BCUT2D eigenvalue weighted by atomic mass is 9.91. The molecular weight excluding hydrogens is 118 g/mol. The lowest BCUT2D eigenvalue weighted by molar-refractivity contribution is 0.453. The van der Waals surface area contributed by atoms with Crippen LogP contribution in [0, 0.1) is 11.2 Å². The summed E-state index contributed by atoms with van der Waals surface area (Å²) < 4.78 is 0. The highest BCUT2D eigenvalue weighted by molar-refractivity contribution is 8.02. The van der Waals surface area contributed by atoms with E-state index in [-0.39, 0.29) is 0 Å². The first-order valence-electron chi connectivity index (χ1n) is 3.08. The molecule has 2 fully saturated rings. The van der Waals surface area contributed by atoms with Crippen molar-refractivity contribution >= 4 is 11.8 Å². The van der Waals surface area contributed by atoms with Crippen molar-refractivity contribution in [1.29, 1.82) is 0 Å². The fraction of sp³-hybridized carbons (Fsp3) is 0.833. The molecule has 1 spiro atoms. The molecule has 2 heterocycles. The first kappa shape index (κ1) is 5.12. The molecule has 0 amide bonds. The van der Waals surface area contributed by atoms with Gasteiger partial charge in [-0.25, -0.2) is 0 Å². The zero-order chi connectivity index (χ0) is 5.45. The summed E-state index contributed by atoms with van der Waals surface area (Å²) in [6.45, 7) is 2.47. The molecule has 1 nitrogen and oxygen atoms in total. The van der Waals surface area contributed by atoms with Gasteiger partial charge in [0.2, 0.25) is 0 Å². The van der Waals surface area contributed by atoms with E-state index in [1.54, 1.807) is 0 Å². The molecule has 0 aromatic heterocycles. The summed E-state index contributed by atoms with van der Waals surface area (Å²) >= 11 is 1.97. The third kappa shape index (κ3) is 0.594. The Hall–Kier alpha value is 0.310. The van der Waals surface area contributed by atoms with Crippen molar-refractivity contribution < 1.29 is 0 Å². The van der Waals surface area contributed by atoms with E-state index in [1.807, 2.05) is 11.8 Å². The Bertz CT molecular complexity index is 90.7. The number of rotatable bonds is 0. The Balaban J connectivity index is 2.01. The van der Waals surface area contributed by atoms with E-state index in [0.29, 0.717) is 5.41 Å². The highest BCUT2D eigenvalue weighted by atomic mass is 32.2. The lowest BCUT2D eigenvalue weighted by Gasteiger charge is -2.35. The number of nitrogens with one attached hydrogen (secondary N) is 1. The van der Waals surface area contributed by atoms with E-state index in [2.05, 4.69) is 11.1 Å². The highest BCUT2D eigenvalue weighted by Gasteiger charge is 2.40. The van der Waals surface area contributed by atoms with Crippen LogP contribution >= 0.6 is 11.8 Å². The van der Waals surface area contributed by atoms with Gasteiger partial charge in [-0.1, -0.05) is 0 Å². The third-order valence-electron chi connectivity index (χ3n) is 1.98. The summed E-state index contributed by atoms with van der Waals surface area (Å²) in [4.78, 5) is 0. The minimum atomic E-state index is 0.644. The molecule has 2 rings (SSSR count). The van der Waals surface area contributed by atoms with Gasteiger partial charge < -0.3 is 5.32 Å². The molecule has 0 bridgehead atoms. The summed E-state index contributed by atoms with van der Waals surface area (Å²) in [6, 6.07) is 0. The van der Waals surface area contributed by atoms with Crippen molar-refractivity contribution in [3.8, 4) is 0 Å². The molecule has 0 aliphatic carbocycles. The molecule has 2 saturated heterocycles. The molecule has 45 valence electrons. The molecule has 2 aliphatic rings. The summed E-state index contributed by atoms with van der Waals surface area (Å²) in [6.07, 6.45) is 1.38. The van der Waals surface area contributed by atoms with E-state index >= 15 is 0 Å². The van der Waals surface area contributed by atoms with Gasteiger partial charge in [-0.05, 0) is 13.0 Å². The van der Waals surface area contributed by atoms with Gasteiger partial charge in [-0.15, -0.1) is 0 Å². The van der Waals surface area contributed by atoms with Crippen molar-refractivity contribution in [3.05, 3.63) is 5.75 Å². The average molecular weight is 128 g/mol. The molecule has 1 atom stereocenters. The molecule has 2 aliphatic heterocycles. The monoisotopic (exact) mass is 128 g/mol. The van der Waals surface area contributed by atoms with E-state index in [9.17, 15) is 0 Å². The Morgan fingerprint density at radius 3 is 2.75 bits per heavy atom. The van der Waals surface area contributed by atoms with Crippen LogP contribution in [0.2, 0.25) is 0 Å². The molecule has 0 aromatic rings. The summed E-state index contributed by atoms with van der Waals surface area (Å²) in [5, 5.41) is 3.37. The molecule has 8 heavy (non-hydrogen) atoms. The van der Waals surface area contributed by atoms with Gasteiger partial charge >= 0.3 is 0 Å². The molecule has 1 radical (unpaired) electrons. The minimum Gasteiger partial charge on any atom is -0.316 e. The number of hydrogen-bond acceptors (Lipinski definition) is 2. The van der Waals surface area contributed by atoms with Crippen LogP contribution in [0.3, 0.4) is 0 Å². The van der Waals surface area contributed by atoms with E-state index in [1.165, 1.54) is 25.3 Å². The maximum atomic E-state index is 3.37. The fourth-order valence-corrected chi connectivity index (χ4v) is 2.39. The zero-order valence-electron chi connectivity index (χ0n) is 4.81. The molecule has 0 saturated carbocycles. The third-order valence-corrected chi connectivity index (χ3v) is 3.39. The topological polar surface area (TPSA) is 12.0 Å². The standard InChI is InChI=1S/C6H10NS/c1-2-7-3-6(1)4-8-5-6/h4,7H,1-3,5H2. The van der Waals surface area contributed by atoms with Gasteiger partial charge in [0.15, 0.2) is 0 Å². The average Bonchev–Trinajstić information content (AvgIpc) is 2.07. The van der Waals surface area contributed by atoms with Crippen LogP contribution in [0.4, 0.5) is 0 Å². The van der Waals surface area contributed by atoms with Gasteiger partial charge in [0.1, 0.15) is 0 Å². The molecule has 1 unspecified atom stereocenters. The van der Waals surface area contributed by atoms with E-state index in [4.69, 9.17) is 0 Å². The van der Waals surface area contributed by atoms with Gasteiger partial charge in [0.05, 0.1) is 0 Å². The van der Waals surface area contributed by atoms with Crippen molar-refractivity contribution in [1.82, 2.24) is 5.32 Å². The van der Waals surface area contributed by atoms with Crippen molar-refractivity contribution in [2.45, 2.75) is 6.42 Å². The molecule has 2 heteroatoms. The number of hydrogen-bond donors (Lipinski definition) is 1. The maximum absolute atomic E-state index is 3.37. The first-order valence-corrected chi connectivity index (χ1v) is 4.13. The van der Waals surface area contributed by atoms with Crippen LogP contribution in [-0.2, 0) is 0 Å². The van der Waals surface area contributed by atoms with Gasteiger partial charge in [-0.2, -0.15) is 11.8 Å². The van der Waals surface area contributed by atoms with Crippen LogP contribution in [0.5, 0.6) is 0 Å². The lowest BCUT2D eigenvalue weighted by Crippen LogP contribution is -2.33. The van der Waals surface area contributed by atoms with Gasteiger partial charge in [-0.3, -0.25) is 0 Å². The van der Waals surface area contributed by atoms with Crippen molar-refractivity contribution in [3.63, 3.8) is 0 Å². The van der Waals surface area contributed by atoms with Gasteiger partial charge in [0.25, 0.3) is 0 Å². The zero-order valence-corrected chi connectivity index (χ0v) is 5.63. The van der Waals surface area contributed by atoms with Crippen LogP contribution in [0.25, 0.3) is 0 Å². The largest absolute Gasteiger partial charge is 0.316 e. The minimum absolute atomic E-state index is 0.644. The summed E-state index contributed by atoms with van der Waals surface area (Å²) in [5.74, 6) is 3.76.